The molecule has 2 N–H and O–H groups in total. The summed E-state index contributed by atoms with van der Waals surface area (Å²) in [7, 11) is 0. The average molecular weight is 217 g/mol. The van der Waals surface area contributed by atoms with E-state index in [1.165, 1.54) is 12.8 Å². The minimum atomic E-state index is -0.521. The summed E-state index contributed by atoms with van der Waals surface area (Å²) in [5.74, 6) is 2.86. The van der Waals surface area contributed by atoms with E-state index >= 15 is 0 Å². The van der Waals surface area contributed by atoms with Crippen molar-refractivity contribution in [1.82, 2.24) is 5.32 Å². The molecule has 84 valence electrons. The average Bonchev–Trinajstić information content (AvgIpc) is 2.83. The molecule has 0 radical (unpaired) electrons. The number of hydrogen-bond acceptors (Lipinski definition) is 3. The van der Waals surface area contributed by atoms with E-state index in [9.17, 15) is 5.11 Å². The maximum atomic E-state index is 9.48. The number of aliphatic hydroxyl groups is 1. The molecule has 0 aliphatic heterocycles. The SMILES string of the molecule is CC(NCCSCC(C)(C)O)C1CC1. The Morgan fingerprint density at radius 1 is 1.50 bits per heavy atom. The molecule has 1 saturated carbocycles. The molecular formula is C11H23NOS. The van der Waals surface area contributed by atoms with Gasteiger partial charge in [-0.25, -0.2) is 0 Å². The largest absolute Gasteiger partial charge is 0.390 e. The summed E-state index contributed by atoms with van der Waals surface area (Å²) in [4.78, 5) is 0. The third-order valence-electron chi connectivity index (χ3n) is 2.50. The Balaban J connectivity index is 1.88. The predicted octanol–water partition coefficient (Wildman–Crippen LogP) is 1.88. The smallest absolute Gasteiger partial charge is 0.0681 e. The van der Waals surface area contributed by atoms with Crippen molar-refractivity contribution in [2.75, 3.05) is 18.1 Å². The fraction of sp³-hybridized carbons (Fsp3) is 1.00. The first-order chi connectivity index (χ1) is 6.49. The Kier molecular flexibility index (Phi) is 4.74. The lowest BCUT2D eigenvalue weighted by Crippen LogP contribution is -2.30. The van der Waals surface area contributed by atoms with E-state index in [4.69, 9.17) is 0 Å². The van der Waals surface area contributed by atoms with Crippen molar-refractivity contribution in [3.63, 3.8) is 0 Å². The summed E-state index contributed by atoms with van der Waals surface area (Å²) in [5, 5.41) is 13.0. The lowest BCUT2D eigenvalue weighted by Gasteiger charge is -2.17. The Hall–Kier alpha value is 0.270. The first-order valence-corrected chi connectivity index (χ1v) is 6.68. The van der Waals surface area contributed by atoms with E-state index in [1.54, 1.807) is 0 Å². The topological polar surface area (TPSA) is 32.3 Å². The maximum absolute atomic E-state index is 9.48. The summed E-state index contributed by atoms with van der Waals surface area (Å²) in [6.07, 6.45) is 2.82. The first kappa shape index (κ1) is 12.3. The number of nitrogens with one attached hydrogen (secondary N) is 1. The van der Waals surface area contributed by atoms with Crippen molar-refractivity contribution >= 4 is 11.8 Å². The number of thioether (sulfide) groups is 1. The van der Waals surface area contributed by atoms with Gasteiger partial charge in [-0.3, -0.25) is 0 Å². The van der Waals surface area contributed by atoms with Crippen LogP contribution in [0.2, 0.25) is 0 Å². The minimum Gasteiger partial charge on any atom is -0.390 e. The van der Waals surface area contributed by atoms with Crippen LogP contribution in [-0.4, -0.2) is 34.8 Å². The van der Waals surface area contributed by atoms with Gasteiger partial charge in [-0.05, 0) is 39.5 Å². The molecule has 1 atom stereocenters. The molecule has 3 heteroatoms. The van der Waals surface area contributed by atoms with E-state index in [1.807, 2.05) is 25.6 Å². The highest BCUT2D eigenvalue weighted by Gasteiger charge is 2.27. The van der Waals surface area contributed by atoms with Gasteiger partial charge in [-0.15, -0.1) is 0 Å². The molecule has 0 saturated heterocycles. The van der Waals surface area contributed by atoms with Crippen LogP contribution in [0.3, 0.4) is 0 Å². The maximum Gasteiger partial charge on any atom is 0.0681 e. The summed E-state index contributed by atoms with van der Waals surface area (Å²) in [5.41, 5.74) is -0.521. The summed E-state index contributed by atoms with van der Waals surface area (Å²) in [6, 6.07) is 0.692. The van der Waals surface area contributed by atoms with Gasteiger partial charge in [0, 0.05) is 24.1 Å². The monoisotopic (exact) mass is 217 g/mol. The second kappa shape index (κ2) is 5.38. The number of hydrogen-bond donors (Lipinski definition) is 2. The molecule has 14 heavy (non-hydrogen) atoms. The Labute approximate surface area is 91.9 Å². The Morgan fingerprint density at radius 3 is 2.64 bits per heavy atom. The normalized spacial score (nSPS) is 19.7. The molecule has 0 spiro atoms. The van der Waals surface area contributed by atoms with E-state index in [2.05, 4.69) is 12.2 Å². The molecule has 1 rings (SSSR count). The van der Waals surface area contributed by atoms with Crippen LogP contribution in [0, 0.1) is 5.92 Å². The van der Waals surface area contributed by atoms with Gasteiger partial charge in [0.2, 0.25) is 0 Å². The van der Waals surface area contributed by atoms with E-state index in [-0.39, 0.29) is 0 Å². The molecule has 0 heterocycles. The fourth-order valence-corrected chi connectivity index (χ4v) is 2.35. The van der Waals surface area contributed by atoms with Crippen molar-refractivity contribution in [2.24, 2.45) is 5.92 Å². The Morgan fingerprint density at radius 2 is 2.14 bits per heavy atom. The lowest BCUT2D eigenvalue weighted by molar-refractivity contribution is 0.107. The van der Waals surface area contributed by atoms with Crippen molar-refractivity contribution in [2.45, 2.75) is 45.3 Å². The minimum absolute atomic E-state index is 0.521. The van der Waals surface area contributed by atoms with Crippen LogP contribution in [0.5, 0.6) is 0 Å². The zero-order chi connectivity index (χ0) is 10.6. The Bertz CT molecular complexity index is 163. The highest BCUT2D eigenvalue weighted by molar-refractivity contribution is 7.99. The predicted molar refractivity (Wildman–Crippen MR) is 63.8 cm³/mol. The van der Waals surface area contributed by atoms with E-state index < -0.39 is 5.60 Å². The van der Waals surface area contributed by atoms with Crippen molar-refractivity contribution in [1.29, 1.82) is 0 Å². The van der Waals surface area contributed by atoms with Gasteiger partial charge in [0.25, 0.3) is 0 Å². The van der Waals surface area contributed by atoms with Crippen molar-refractivity contribution in [3.8, 4) is 0 Å². The molecule has 0 aromatic carbocycles. The van der Waals surface area contributed by atoms with Gasteiger partial charge >= 0.3 is 0 Å². The standard InChI is InChI=1S/C11H23NOS/c1-9(10-4-5-10)12-6-7-14-8-11(2,3)13/h9-10,12-13H,4-8H2,1-3H3. The van der Waals surface area contributed by atoms with Gasteiger partial charge in [-0.2, -0.15) is 11.8 Å². The summed E-state index contributed by atoms with van der Waals surface area (Å²) < 4.78 is 0. The zero-order valence-electron chi connectivity index (χ0n) is 9.55. The zero-order valence-corrected chi connectivity index (χ0v) is 10.4. The van der Waals surface area contributed by atoms with Gasteiger partial charge in [0.1, 0.15) is 0 Å². The molecule has 0 bridgehead atoms. The molecule has 1 aliphatic carbocycles. The van der Waals surface area contributed by atoms with Crippen molar-refractivity contribution < 1.29 is 5.11 Å². The molecule has 0 aromatic heterocycles. The van der Waals surface area contributed by atoms with E-state index in [0.29, 0.717) is 6.04 Å². The molecule has 0 aromatic rings. The number of rotatable bonds is 7. The third-order valence-corrected chi connectivity index (χ3v) is 3.90. The van der Waals surface area contributed by atoms with Crippen LogP contribution in [-0.2, 0) is 0 Å². The highest BCUT2D eigenvalue weighted by atomic mass is 32.2. The highest BCUT2D eigenvalue weighted by Crippen LogP contribution is 2.32. The van der Waals surface area contributed by atoms with Crippen molar-refractivity contribution in [3.05, 3.63) is 0 Å². The van der Waals surface area contributed by atoms with Gasteiger partial charge < -0.3 is 10.4 Å². The molecular weight excluding hydrogens is 194 g/mol. The van der Waals surface area contributed by atoms with Crippen LogP contribution in [0.4, 0.5) is 0 Å². The van der Waals surface area contributed by atoms with Gasteiger partial charge in [0.05, 0.1) is 5.60 Å². The van der Waals surface area contributed by atoms with Crippen LogP contribution in [0.1, 0.15) is 33.6 Å². The van der Waals surface area contributed by atoms with Crippen LogP contribution in [0.25, 0.3) is 0 Å². The second-order valence-corrected chi connectivity index (χ2v) is 6.05. The fourth-order valence-electron chi connectivity index (χ4n) is 1.44. The summed E-state index contributed by atoms with van der Waals surface area (Å²) in [6.45, 7) is 7.07. The molecule has 1 aliphatic rings. The second-order valence-electron chi connectivity index (χ2n) is 4.95. The molecule has 0 amide bonds. The van der Waals surface area contributed by atoms with Crippen LogP contribution < -0.4 is 5.32 Å². The first-order valence-electron chi connectivity index (χ1n) is 5.52. The van der Waals surface area contributed by atoms with Crippen LogP contribution in [0.15, 0.2) is 0 Å². The molecule has 1 fully saturated rings. The molecule has 1 unspecified atom stereocenters. The van der Waals surface area contributed by atoms with Gasteiger partial charge in [0.15, 0.2) is 0 Å². The van der Waals surface area contributed by atoms with Gasteiger partial charge in [-0.1, -0.05) is 0 Å². The van der Waals surface area contributed by atoms with Crippen LogP contribution >= 0.6 is 11.8 Å². The summed E-state index contributed by atoms with van der Waals surface area (Å²) >= 11 is 1.82. The van der Waals surface area contributed by atoms with E-state index in [0.717, 1.165) is 24.0 Å². The third kappa shape index (κ3) is 5.89. The molecule has 2 nitrogen and oxygen atoms in total. The lowest BCUT2D eigenvalue weighted by atomic mass is 10.2. The quantitative estimate of drug-likeness (QED) is 0.639.